The van der Waals surface area contributed by atoms with E-state index in [1.54, 1.807) is 0 Å². The number of benzene rings is 1. The van der Waals surface area contributed by atoms with Crippen LogP contribution >= 0.6 is 15.9 Å². The number of halogens is 1. The first-order valence-electron chi connectivity index (χ1n) is 6.66. The van der Waals surface area contributed by atoms with Crippen LogP contribution in [0.2, 0.25) is 0 Å². The first-order chi connectivity index (χ1) is 9.15. The fourth-order valence-electron chi connectivity index (χ4n) is 2.77. The number of hydrogen-bond donors (Lipinski definition) is 0. The molecule has 1 atom stereocenters. The number of hydrogen-bond acceptors (Lipinski definition) is 3. The highest BCUT2D eigenvalue weighted by Crippen LogP contribution is 2.29. The number of rotatable bonds is 4. The molecule has 1 heterocycles. The van der Waals surface area contributed by atoms with Crippen LogP contribution in [0, 0.1) is 11.3 Å². The second kappa shape index (κ2) is 6.40. The summed E-state index contributed by atoms with van der Waals surface area (Å²) >= 11 is 3.44. The normalized spacial score (nSPS) is 18.9. The Balaban J connectivity index is 2.28. The molecule has 0 saturated carbocycles. The number of alkyl halides is 1. The number of nitriles is 1. The molecule has 0 N–H and O–H groups in total. The molecule has 1 aromatic rings. The summed E-state index contributed by atoms with van der Waals surface area (Å²) < 4.78 is 0. The Bertz CT molecular complexity index is 479. The minimum atomic E-state index is 0.525. The Hall–Kier alpha value is -1.05. The number of nitrogens with zero attached hydrogens (tertiary/aromatic N) is 3. The van der Waals surface area contributed by atoms with Gasteiger partial charge in [-0.1, -0.05) is 22.0 Å². The Kier molecular flexibility index (Phi) is 4.84. The van der Waals surface area contributed by atoms with Gasteiger partial charge in [0.05, 0.1) is 11.3 Å². The minimum Gasteiger partial charge on any atom is -0.366 e. The van der Waals surface area contributed by atoms with Gasteiger partial charge in [-0.2, -0.15) is 5.26 Å². The SMILES string of the molecule is CN(C)CC1CCCN1c1ccc(CBr)cc1C#N. The third-order valence-electron chi connectivity index (χ3n) is 3.60. The summed E-state index contributed by atoms with van der Waals surface area (Å²) in [6, 6.07) is 9.07. The Morgan fingerprint density at radius 1 is 1.47 bits per heavy atom. The van der Waals surface area contributed by atoms with Crippen molar-refractivity contribution in [2.24, 2.45) is 0 Å². The van der Waals surface area contributed by atoms with E-state index in [0.717, 1.165) is 35.2 Å². The van der Waals surface area contributed by atoms with Gasteiger partial charge >= 0.3 is 0 Å². The number of anilines is 1. The van der Waals surface area contributed by atoms with Crippen molar-refractivity contribution in [2.45, 2.75) is 24.2 Å². The van der Waals surface area contributed by atoms with Crippen LogP contribution in [-0.2, 0) is 5.33 Å². The van der Waals surface area contributed by atoms with Gasteiger partial charge in [-0.05, 0) is 44.6 Å². The van der Waals surface area contributed by atoms with Crippen LogP contribution < -0.4 is 4.90 Å². The molecule has 0 bridgehead atoms. The molecule has 0 aromatic heterocycles. The maximum absolute atomic E-state index is 9.36. The van der Waals surface area contributed by atoms with Crippen molar-refractivity contribution in [3.8, 4) is 6.07 Å². The highest BCUT2D eigenvalue weighted by molar-refractivity contribution is 9.08. The molecular formula is C15H20BrN3. The van der Waals surface area contributed by atoms with E-state index in [9.17, 15) is 5.26 Å². The molecule has 1 aliphatic rings. The Morgan fingerprint density at radius 3 is 2.89 bits per heavy atom. The van der Waals surface area contributed by atoms with Crippen LogP contribution in [0.5, 0.6) is 0 Å². The summed E-state index contributed by atoms with van der Waals surface area (Å²) in [6.07, 6.45) is 2.42. The average molecular weight is 322 g/mol. The van der Waals surface area contributed by atoms with E-state index in [0.29, 0.717) is 6.04 Å². The van der Waals surface area contributed by atoms with Crippen molar-refractivity contribution in [3.05, 3.63) is 29.3 Å². The maximum Gasteiger partial charge on any atom is 0.101 e. The molecule has 0 spiro atoms. The van der Waals surface area contributed by atoms with Crippen LogP contribution in [-0.4, -0.2) is 38.1 Å². The molecule has 1 fully saturated rings. The first kappa shape index (κ1) is 14.4. The third-order valence-corrected chi connectivity index (χ3v) is 4.25. The van der Waals surface area contributed by atoms with Gasteiger partial charge in [0.25, 0.3) is 0 Å². The molecule has 3 nitrogen and oxygen atoms in total. The summed E-state index contributed by atoms with van der Waals surface area (Å²) in [5, 5.41) is 10.2. The standard InChI is InChI=1S/C15H20BrN3/c1-18(2)11-14-4-3-7-19(14)15-6-5-12(9-16)8-13(15)10-17/h5-6,8,14H,3-4,7,9,11H2,1-2H3. The van der Waals surface area contributed by atoms with Gasteiger partial charge < -0.3 is 9.80 Å². The van der Waals surface area contributed by atoms with E-state index in [2.05, 4.69) is 58.0 Å². The molecule has 19 heavy (non-hydrogen) atoms. The van der Waals surface area contributed by atoms with Crippen LogP contribution in [0.4, 0.5) is 5.69 Å². The van der Waals surface area contributed by atoms with Crippen molar-refractivity contribution in [2.75, 3.05) is 32.1 Å². The van der Waals surface area contributed by atoms with E-state index < -0.39 is 0 Å². The van der Waals surface area contributed by atoms with E-state index >= 15 is 0 Å². The molecule has 0 aliphatic carbocycles. The molecule has 102 valence electrons. The summed E-state index contributed by atoms with van der Waals surface area (Å²) in [5.41, 5.74) is 3.04. The van der Waals surface area contributed by atoms with Gasteiger partial charge in [0, 0.05) is 24.5 Å². The summed E-state index contributed by atoms with van der Waals surface area (Å²) in [4.78, 5) is 4.62. The highest BCUT2D eigenvalue weighted by atomic mass is 79.9. The third kappa shape index (κ3) is 3.29. The summed E-state index contributed by atoms with van der Waals surface area (Å²) in [7, 11) is 4.21. The van der Waals surface area contributed by atoms with Gasteiger partial charge in [0.15, 0.2) is 0 Å². The molecule has 2 rings (SSSR count). The van der Waals surface area contributed by atoms with E-state index in [4.69, 9.17) is 0 Å². The smallest absolute Gasteiger partial charge is 0.101 e. The summed E-state index contributed by atoms with van der Waals surface area (Å²) in [5.74, 6) is 0. The highest BCUT2D eigenvalue weighted by Gasteiger charge is 2.26. The fourth-order valence-corrected chi connectivity index (χ4v) is 3.12. The summed E-state index contributed by atoms with van der Waals surface area (Å²) in [6.45, 7) is 2.10. The molecule has 1 unspecified atom stereocenters. The van der Waals surface area contributed by atoms with E-state index in [1.165, 1.54) is 12.8 Å². The molecule has 1 aliphatic heterocycles. The predicted molar refractivity (Wildman–Crippen MR) is 82.7 cm³/mol. The second-order valence-electron chi connectivity index (χ2n) is 5.35. The van der Waals surface area contributed by atoms with Gasteiger partial charge in [0.2, 0.25) is 0 Å². The lowest BCUT2D eigenvalue weighted by atomic mass is 10.1. The average Bonchev–Trinajstić information content (AvgIpc) is 2.85. The zero-order valence-corrected chi connectivity index (χ0v) is 13.2. The molecule has 0 amide bonds. The van der Waals surface area contributed by atoms with Crippen LogP contribution in [0.3, 0.4) is 0 Å². The van der Waals surface area contributed by atoms with Crippen LogP contribution in [0.25, 0.3) is 0 Å². The Labute approximate surface area is 123 Å². The first-order valence-corrected chi connectivity index (χ1v) is 7.78. The molecule has 1 aromatic carbocycles. The fraction of sp³-hybridized carbons (Fsp3) is 0.533. The largest absolute Gasteiger partial charge is 0.366 e. The van der Waals surface area contributed by atoms with E-state index in [-0.39, 0.29) is 0 Å². The van der Waals surface area contributed by atoms with Crippen molar-refractivity contribution in [3.63, 3.8) is 0 Å². The van der Waals surface area contributed by atoms with Crippen molar-refractivity contribution in [1.82, 2.24) is 4.90 Å². The molecule has 1 saturated heterocycles. The van der Waals surface area contributed by atoms with Gasteiger partial charge in [0.1, 0.15) is 6.07 Å². The van der Waals surface area contributed by atoms with Crippen LogP contribution in [0.15, 0.2) is 18.2 Å². The second-order valence-corrected chi connectivity index (χ2v) is 5.91. The lowest BCUT2D eigenvalue weighted by molar-refractivity contribution is 0.372. The van der Waals surface area contributed by atoms with Gasteiger partial charge in [-0.25, -0.2) is 0 Å². The van der Waals surface area contributed by atoms with E-state index in [1.807, 2.05) is 6.07 Å². The molecular weight excluding hydrogens is 302 g/mol. The lowest BCUT2D eigenvalue weighted by Gasteiger charge is -2.29. The monoisotopic (exact) mass is 321 g/mol. The van der Waals surface area contributed by atoms with Crippen molar-refractivity contribution in [1.29, 1.82) is 5.26 Å². The predicted octanol–water partition coefficient (Wildman–Crippen LogP) is 2.98. The molecule has 4 heteroatoms. The van der Waals surface area contributed by atoms with Gasteiger partial charge in [-0.15, -0.1) is 0 Å². The molecule has 0 radical (unpaired) electrons. The zero-order chi connectivity index (χ0) is 13.8. The van der Waals surface area contributed by atoms with Gasteiger partial charge in [-0.3, -0.25) is 0 Å². The van der Waals surface area contributed by atoms with Crippen LogP contribution in [0.1, 0.15) is 24.0 Å². The topological polar surface area (TPSA) is 30.3 Å². The van der Waals surface area contributed by atoms with Crippen molar-refractivity contribution < 1.29 is 0 Å². The minimum absolute atomic E-state index is 0.525. The van der Waals surface area contributed by atoms with Crippen molar-refractivity contribution >= 4 is 21.6 Å². The lowest BCUT2D eigenvalue weighted by Crippen LogP contribution is -2.37. The maximum atomic E-state index is 9.36. The zero-order valence-electron chi connectivity index (χ0n) is 11.6. The Morgan fingerprint density at radius 2 is 2.26 bits per heavy atom. The number of likely N-dealkylation sites (N-methyl/N-ethyl adjacent to an activating group) is 1. The quantitative estimate of drug-likeness (QED) is 0.799.